The highest BCUT2D eigenvalue weighted by molar-refractivity contribution is 6.34. The highest BCUT2D eigenvalue weighted by Crippen LogP contribution is 2.49. The third-order valence-corrected chi connectivity index (χ3v) is 9.85. The highest BCUT2D eigenvalue weighted by Gasteiger charge is 2.43. The first kappa shape index (κ1) is 25.7. The third kappa shape index (κ3) is 4.39. The average Bonchev–Trinajstić information content (AvgIpc) is 3.98. The molecule has 0 bridgehead atoms. The van der Waals surface area contributed by atoms with Gasteiger partial charge in [0, 0.05) is 54.0 Å². The van der Waals surface area contributed by atoms with Crippen molar-refractivity contribution in [2.24, 2.45) is 0 Å². The Kier molecular flexibility index (Phi) is 5.86. The number of carbonyl (C=O) groups is 1. The van der Waals surface area contributed by atoms with E-state index in [-0.39, 0.29) is 76.8 Å². The molecule has 8 rings (SSSR count). The van der Waals surface area contributed by atoms with Gasteiger partial charge in [-0.15, -0.1) is 0 Å². The fourth-order valence-corrected chi connectivity index (χ4v) is 7.31. The molecule has 1 saturated heterocycles. The van der Waals surface area contributed by atoms with Gasteiger partial charge >= 0.3 is 0 Å². The Morgan fingerprint density at radius 2 is 1.83 bits per heavy atom. The number of hydrogen-bond acceptors (Lipinski definition) is 8. The summed E-state index contributed by atoms with van der Waals surface area (Å²) in [6.07, 6.45) is 6.22. The maximum absolute atomic E-state index is 15.4. The highest BCUT2D eigenvalue weighted by atomic mass is 35.5. The van der Waals surface area contributed by atoms with Gasteiger partial charge in [-0.2, -0.15) is 0 Å². The Bertz CT molecular complexity index is 2080. The number of pyridine rings is 2. The topological polar surface area (TPSA) is 108 Å². The number of rotatable bonds is 5. The number of anilines is 2. The second kappa shape index (κ2) is 10.5. The first-order chi connectivity index (χ1) is 23.4. The van der Waals surface area contributed by atoms with Gasteiger partial charge in [-0.05, 0) is 56.9 Å². The third-order valence-electron chi connectivity index (χ3n) is 9.56. The Hall–Kier alpha value is -4.51. The van der Waals surface area contributed by atoms with Crippen molar-refractivity contribution in [3.8, 4) is 22.7 Å². The number of aromatic hydroxyl groups is 1. The van der Waals surface area contributed by atoms with E-state index in [1.54, 1.807) is 11.0 Å². The summed E-state index contributed by atoms with van der Waals surface area (Å²) in [6, 6.07) is 4.61. The van der Waals surface area contributed by atoms with Crippen LogP contribution in [0.15, 0.2) is 48.0 Å². The fourth-order valence-electron chi connectivity index (χ4n) is 7.06. The van der Waals surface area contributed by atoms with Gasteiger partial charge in [-0.25, -0.2) is 19.3 Å². The normalized spacial score (nSPS) is 22.2. The summed E-state index contributed by atoms with van der Waals surface area (Å²) in [7, 11) is 0. The van der Waals surface area contributed by atoms with Crippen molar-refractivity contribution in [1.29, 1.82) is 0 Å². The minimum atomic E-state index is -2.73. The van der Waals surface area contributed by atoms with Crippen LogP contribution >= 0.6 is 11.6 Å². The first-order valence-electron chi connectivity index (χ1n) is 17.0. The number of fused-ring (bicyclic) bond motifs is 5. The number of hydrogen-bond donors (Lipinski definition) is 1. The van der Waals surface area contributed by atoms with Crippen molar-refractivity contribution in [1.82, 2.24) is 24.4 Å². The predicted octanol–water partition coefficient (Wildman–Crippen LogP) is 5.14. The number of phenols is 1. The lowest BCUT2D eigenvalue weighted by Gasteiger charge is -2.51. The molecule has 4 aliphatic rings. The molecule has 2 aliphatic heterocycles. The summed E-state index contributed by atoms with van der Waals surface area (Å²) < 4.78 is 42.5. The maximum Gasteiger partial charge on any atom is 0.282 e. The number of likely N-dealkylation sites (N-methyl/N-ethyl adjacent to an activating group) is 1. The molecule has 2 saturated carbocycles. The number of halogens is 2. The minimum Gasteiger partial charge on any atom is -0.507 e. The molecule has 236 valence electrons. The quantitative estimate of drug-likeness (QED) is 0.298. The number of piperazine rings is 1. The van der Waals surface area contributed by atoms with E-state index in [4.69, 9.17) is 20.7 Å². The van der Waals surface area contributed by atoms with E-state index in [1.807, 2.05) is 11.8 Å². The molecule has 2 atom stereocenters. The van der Waals surface area contributed by atoms with Crippen LogP contribution in [0.5, 0.6) is 5.75 Å². The fraction of sp³-hybridized carbons (Fsp3) is 0.382. The molecule has 3 fully saturated rings. The lowest BCUT2D eigenvalue weighted by molar-refractivity contribution is -0.128. The summed E-state index contributed by atoms with van der Waals surface area (Å²) in [5.41, 5.74) is 1.24. The molecule has 12 heteroatoms. The van der Waals surface area contributed by atoms with E-state index in [1.165, 1.54) is 35.2 Å². The molecule has 3 aromatic heterocycles. The first-order valence-corrected chi connectivity index (χ1v) is 15.9. The molecule has 1 amide bonds. The van der Waals surface area contributed by atoms with Crippen molar-refractivity contribution >= 4 is 39.9 Å². The number of amides is 1. The van der Waals surface area contributed by atoms with Crippen LogP contribution in [0, 0.1) is 5.82 Å². The molecule has 0 spiro atoms. The SMILES string of the molecule is [2H]C([2H])([2H])N1C[C@H]2CN(C(=O)C=C)[C@H](C)CN2c2c1c(=O)n(-c1c(C3CC3)ncnc1C1CC1)c1nc(-c3c(O)cccc3F)c(Cl)cc21. The summed E-state index contributed by atoms with van der Waals surface area (Å²) in [5.74, 6) is -1.26. The van der Waals surface area contributed by atoms with Gasteiger partial charge in [0.2, 0.25) is 5.91 Å². The van der Waals surface area contributed by atoms with E-state index >= 15 is 9.18 Å². The number of nitrogens with zero attached hydrogens (tertiary/aromatic N) is 7. The Balaban J connectivity index is 1.50. The van der Waals surface area contributed by atoms with Crippen molar-refractivity contribution in [3.63, 3.8) is 0 Å². The lowest BCUT2D eigenvalue weighted by Crippen LogP contribution is -2.64. The molecular weight excluding hydrogens is 609 g/mol. The lowest BCUT2D eigenvalue weighted by atomic mass is 9.99. The smallest absolute Gasteiger partial charge is 0.282 e. The zero-order valence-electron chi connectivity index (χ0n) is 28.1. The van der Waals surface area contributed by atoms with Crippen LogP contribution in [0.1, 0.15) is 59.9 Å². The van der Waals surface area contributed by atoms with Gasteiger partial charge < -0.3 is 19.8 Å². The number of carbonyl (C=O) groups excluding carboxylic acids is 1. The molecule has 4 aromatic rings. The largest absolute Gasteiger partial charge is 0.507 e. The van der Waals surface area contributed by atoms with E-state index in [2.05, 4.69) is 16.5 Å². The van der Waals surface area contributed by atoms with Gasteiger partial charge in [0.1, 0.15) is 23.6 Å². The van der Waals surface area contributed by atoms with Crippen LogP contribution in [0.4, 0.5) is 15.8 Å². The standard InChI is InChI=1S/C34H33ClFN7O3/c1-4-25(45)41-15-20-14-40(3)32-30(42(20)13-17(41)2)21-12-22(35)29(26-23(36)6-5-7-24(26)44)39-33(21)43(34(32)46)31-27(18-8-9-18)37-16-38-28(31)19-10-11-19/h4-7,12,16-20,44H,1,8-11,13-15H2,2-3H3/t17-,20+/m1/s1/i3D3. The summed E-state index contributed by atoms with van der Waals surface area (Å²) in [5, 5.41) is 11.1. The van der Waals surface area contributed by atoms with E-state index < -0.39 is 24.4 Å². The van der Waals surface area contributed by atoms with E-state index in [0.717, 1.165) is 30.6 Å². The average molecular weight is 645 g/mol. The number of aromatic nitrogens is 4. The van der Waals surface area contributed by atoms with Crippen LogP contribution in [-0.4, -0.2) is 74.1 Å². The number of phenolic OH excluding ortho intramolecular Hbond substituents is 1. The van der Waals surface area contributed by atoms with Gasteiger partial charge in [-0.1, -0.05) is 24.2 Å². The van der Waals surface area contributed by atoms with Crippen LogP contribution in [0.3, 0.4) is 0 Å². The molecule has 1 aromatic carbocycles. The molecule has 46 heavy (non-hydrogen) atoms. The van der Waals surface area contributed by atoms with Crippen LogP contribution in [0.2, 0.25) is 5.02 Å². The summed E-state index contributed by atoms with van der Waals surface area (Å²) >= 11 is 6.90. The number of benzene rings is 1. The van der Waals surface area contributed by atoms with Crippen LogP contribution in [0.25, 0.3) is 28.0 Å². The monoisotopic (exact) mass is 644 g/mol. The zero-order valence-corrected chi connectivity index (χ0v) is 25.8. The predicted molar refractivity (Wildman–Crippen MR) is 175 cm³/mol. The van der Waals surface area contributed by atoms with Crippen LogP contribution in [-0.2, 0) is 4.79 Å². The maximum atomic E-state index is 15.4. The molecule has 2 aliphatic carbocycles. The van der Waals surface area contributed by atoms with Gasteiger partial charge in [0.05, 0.1) is 45.1 Å². The van der Waals surface area contributed by atoms with Gasteiger partial charge in [0.25, 0.3) is 5.56 Å². The Morgan fingerprint density at radius 3 is 2.46 bits per heavy atom. The minimum absolute atomic E-state index is 0.00878. The van der Waals surface area contributed by atoms with Gasteiger partial charge in [0.15, 0.2) is 5.65 Å². The van der Waals surface area contributed by atoms with Crippen molar-refractivity contribution in [3.05, 3.63) is 75.8 Å². The van der Waals surface area contributed by atoms with Crippen molar-refractivity contribution < 1.29 is 18.4 Å². The molecule has 1 N–H and O–H groups in total. The molecule has 0 unspecified atom stereocenters. The van der Waals surface area contributed by atoms with Gasteiger partial charge in [-0.3, -0.25) is 14.2 Å². The van der Waals surface area contributed by atoms with Crippen molar-refractivity contribution in [2.45, 2.75) is 56.5 Å². The zero-order chi connectivity index (χ0) is 34.5. The Morgan fingerprint density at radius 1 is 1.11 bits per heavy atom. The second-order valence-electron chi connectivity index (χ2n) is 12.7. The summed E-state index contributed by atoms with van der Waals surface area (Å²) in [6.45, 7) is 3.20. The van der Waals surface area contributed by atoms with E-state index in [9.17, 15) is 9.90 Å². The Labute approximate surface area is 274 Å². The van der Waals surface area contributed by atoms with E-state index in [0.29, 0.717) is 28.1 Å². The van der Waals surface area contributed by atoms with Crippen molar-refractivity contribution in [2.75, 3.05) is 36.4 Å². The molecular formula is C34H33ClFN7O3. The second-order valence-corrected chi connectivity index (χ2v) is 13.1. The summed E-state index contributed by atoms with van der Waals surface area (Å²) in [4.78, 5) is 47.0. The molecule has 10 nitrogen and oxygen atoms in total. The molecule has 0 radical (unpaired) electrons. The van der Waals surface area contributed by atoms with Crippen LogP contribution < -0.4 is 15.4 Å². The molecule has 5 heterocycles.